The summed E-state index contributed by atoms with van der Waals surface area (Å²) >= 11 is 0. The van der Waals surface area contributed by atoms with Gasteiger partial charge < -0.3 is 15.4 Å². The van der Waals surface area contributed by atoms with E-state index in [0.29, 0.717) is 19.6 Å². The molecule has 1 rings (SSSR count). The van der Waals surface area contributed by atoms with Crippen molar-refractivity contribution in [3.8, 4) is 0 Å². The monoisotopic (exact) mass is 250 g/mol. The summed E-state index contributed by atoms with van der Waals surface area (Å²) < 4.78 is 4.80. The van der Waals surface area contributed by atoms with E-state index in [4.69, 9.17) is 10.5 Å². The summed E-state index contributed by atoms with van der Waals surface area (Å²) in [5, 5.41) is 0. The predicted molar refractivity (Wildman–Crippen MR) is 62.3 cm³/mol. The third-order valence-corrected chi connectivity index (χ3v) is 2.45. The van der Waals surface area contributed by atoms with Crippen LogP contribution in [0.25, 0.3) is 0 Å². The summed E-state index contributed by atoms with van der Waals surface area (Å²) in [6.45, 7) is 2.71. The molecule has 94 valence electrons. The van der Waals surface area contributed by atoms with Gasteiger partial charge in [0.2, 0.25) is 5.91 Å². The molecule has 0 bridgehead atoms. The molecule has 0 aromatic rings. The molecule has 1 aliphatic rings. The maximum absolute atomic E-state index is 11.7. The van der Waals surface area contributed by atoms with Gasteiger partial charge in [0.05, 0.1) is 12.6 Å². The van der Waals surface area contributed by atoms with Crippen LogP contribution in [0.2, 0.25) is 0 Å². The van der Waals surface area contributed by atoms with E-state index < -0.39 is 6.04 Å². The number of amides is 1. The van der Waals surface area contributed by atoms with Crippen LogP contribution in [-0.2, 0) is 14.3 Å². The van der Waals surface area contributed by atoms with Gasteiger partial charge in [0.15, 0.2) is 0 Å². The zero-order valence-corrected chi connectivity index (χ0v) is 10.3. The van der Waals surface area contributed by atoms with E-state index in [2.05, 4.69) is 0 Å². The van der Waals surface area contributed by atoms with Gasteiger partial charge in [0, 0.05) is 6.54 Å². The minimum atomic E-state index is -0.457. The Morgan fingerprint density at radius 3 is 2.88 bits per heavy atom. The molecule has 0 unspecified atom stereocenters. The van der Waals surface area contributed by atoms with E-state index in [1.54, 1.807) is 6.92 Å². The summed E-state index contributed by atoms with van der Waals surface area (Å²) in [6, 6.07) is -0.457. The fourth-order valence-electron chi connectivity index (χ4n) is 1.65. The van der Waals surface area contributed by atoms with Gasteiger partial charge in [-0.3, -0.25) is 9.59 Å². The Morgan fingerprint density at radius 2 is 2.25 bits per heavy atom. The molecule has 2 N–H and O–H groups in total. The summed E-state index contributed by atoms with van der Waals surface area (Å²) in [5.41, 5.74) is 5.68. The van der Waals surface area contributed by atoms with Crippen molar-refractivity contribution in [2.45, 2.75) is 32.2 Å². The average molecular weight is 251 g/mol. The molecule has 0 aromatic carbocycles. The van der Waals surface area contributed by atoms with Crippen LogP contribution in [0, 0.1) is 0 Å². The smallest absolute Gasteiger partial charge is 0.325 e. The number of likely N-dealkylation sites (tertiary alicyclic amines) is 1. The van der Waals surface area contributed by atoms with E-state index in [0.717, 1.165) is 12.8 Å². The quantitative estimate of drug-likeness (QED) is 0.732. The second kappa shape index (κ2) is 7.46. The number of hydrogen-bond donors (Lipinski definition) is 1. The second-order valence-electron chi connectivity index (χ2n) is 3.67. The molecule has 1 heterocycles. The second-order valence-corrected chi connectivity index (χ2v) is 3.67. The van der Waals surface area contributed by atoms with Gasteiger partial charge in [0.25, 0.3) is 0 Å². The van der Waals surface area contributed by atoms with Gasteiger partial charge in [-0.1, -0.05) is 0 Å². The van der Waals surface area contributed by atoms with E-state index in [1.807, 2.05) is 0 Å². The van der Waals surface area contributed by atoms with Crippen molar-refractivity contribution in [3.63, 3.8) is 0 Å². The van der Waals surface area contributed by atoms with E-state index >= 15 is 0 Å². The number of carbonyl (C=O) groups excluding carboxylic acids is 2. The Bertz CT molecular complexity index is 248. The highest BCUT2D eigenvalue weighted by atomic mass is 35.5. The van der Waals surface area contributed by atoms with Crippen molar-refractivity contribution in [3.05, 3.63) is 0 Å². The molecule has 0 radical (unpaired) electrons. The van der Waals surface area contributed by atoms with Crippen LogP contribution in [-0.4, -0.2) is 42.5 Å². The third-order valence-electron chi connectivity index (χ3n) is 2.45. The van der Waals surface area contributed by atoms with Crippen LogP contribution >= 0.6 is 12.4 Å². The lowest BCUT2D eigenvalue weighted by Crippen LogP contribution is -2.44. The first-order valence-electron chi connectivity index (χ1n) is 5.35. The van der Waals surface area contributed by atoms with Gasteiger partial charge in [-0.05, 0) is 26.2 Å². The van der Waals surface area contributed by atoms with Crippen molar-refractivity contribution in [1.82, 2.24) is 4.90 Å². The number of nitrogens with two attached hydrogens (primary N) is 1. The standard InChI is InChI=1S/C10H18N2O3.ClH/c1-2-15-9(13)7-12-6-4-3-5-8(11)10(12)14;/h8H,2-7,11H2,1H3;1H/t8-;/m0./s1. The van der Waals surface area contributed by atoms with Gasteiger partial charge in [-0.25, -0.2) is 0 Å². The van der Waals surface area contributed by atoms with Crippen LogP contribution in [0.1, 0.15) is 26.2 Å². The van der Waals surface area contributed by atoms with Gasteiger partial charge in [-0.15, -0.1) is 12.4 Å². The lowest BCUT2D eigenvalue weighted by Gasteiger charge is -2.21. The highest BCUT2D eigenvalue weighted by Gasteiger charge is 2.25. The van der Waals surface area contributed by atoms with Crippen molar-refractivity contribution < 1.29 is 14.3 Å². The summed E-state index contributed by atoms with van der Waals surface area (Å²) in [7, 11) is 0. The highest BCUT2D eigenvalue weighted by molar-refractivity contribution is 5.86. The molecule has 6 heteroatoms. The molecular weight excluding hydrogens is 232 g/mol. The summed E-state index contributed by atoms with van der Waals surface area (Å²) in [5.74, 6) is -0.500. The zero-order valence-electron chi connectivity index (χ0n) is 9.48. The first-order valence-corrected chi connectivity index (χ1v) is 5.35. The maximum atomic E-state index is 11.7. The molecule has 5 nitrogen and oxygen atoms in total. The fourth-order valence-corrected chi connectivity index (χ4v) is 1.65. The van der Waals surface area contributed by atoms with Crippen LogP contribution in [0.15, 0.2) is 0 Å². The Kier molecular flexibility index (Phi) is 7.08. The minimum Gasteiger partial charge on any atom is -0.465 e. The number of esters is 1. The van der Waals surface area contributed by atoms with E-state index in [1.165, 1.54) is 4.90 Å². The Balaban J connectivity index is 0.00000225. The van der Waals surface area contributed by atoms with Crippen molar-refractivity contribution in [2.75, 3.05) is 19.7 Å². The first kappa shape index (κ1) is 15.2. The SMILES string of the molecule is CCOC(=O)CN1CCCC[C@H](N)C1=O.Cl. The van der Waals surface area contributed by atoms with Crippen LogP contribution in [0.3, 0.4) is 0 Å². The number of carbonyl (C=O) groups is 2. The number of rotatable bonds is 3. The molecule has 1 aliphatic heterocycles. The molecule has 1 fully saturated rings. The van der Waals surface area contributed by atoms with Crippen LogP contribution in [0.5, 0.6) is 0 Å². The molecule has 0 spiro atoms. The number of nitrogens with zero attached hydrogens (tertiary/aromatic N) is 1. The Hall–Kier alpha value is -0.810. The highest BCUT2D eigenvalue weighted by Crippen LogP contribution is 2.10. The number of hydrogen-bond acceptors (Lipinski definition) is 4. The molecule has 1 saturated heterocycles. The number of halogens is 1. The van der Waals surface area contributed by atoms with E-state index in [-0.39, 0.29) is 30.8 Å². The molecule has 0 aliphatic carbocycles. The van der Waals surface area contributed by atoms with Crippen molar-refractivity contribution >= 4 is 24.3 Å². The summed E-state index contributed by atoms with van der Waals surface area (Å²) in [4.78, 5) is 24.4. The predicted octanol–water partition coefficient (Wildman–Crippen LogP) is 0.311. The molecule has 1 amide bonds. The molecule has 1 atom stereocenters. The first-order chi connectivity index (χ1) is 7.15. The van der Waals surface area contributed by atoms with E-state index in [9.17, 15) is 9.59 Å². The molecule has 16 heavy (non-hydrogen) atoms. The minimum absolute atomic E-state index is 0. The van der Waals surface area contributed by atoms with Crippen molar-refractivity contribution in [1.29, 1.82) is 0 Å². The summed E-state index contributed by atoms with van der Waals surface area (Å²) in [6.07, 6.45) is 2.54. The normalized spacial score (nSPS) is 21.0. The van der Waals surface area contributed by atoms with Gasteiger partial charge >= 0.3 is 5.97 Å². The topological polar surface area (TPSA) is 72.6 Å². The Morgan fingerprint density at radius 1 is 1.56 bits per heavy atom. The van der Waals surface area contributed by atoms with Gasteiger partial charge in [-0.2, -0.15) is 0 Å². The van der Waals surface area contributed by atoms with Crippen LogP contribution in [0.4, 0.5) is 0 Å². The number of ether oxygens (including phenoxy) is 1. The largest absolute Gasteiger partial charge is 0.465 e. The van der Waals surface area contributed by atoms with Crippen LogP contribution < -0.4 is 5.73 Å². The fraction of sp³-hybridized carbons (Fsp3) is 0.800. The Labute approximate surface area is 102 Å². The zero-order chi connectivity index (χ0) is 11.3. The third kappa shape index (κ3) is 4.37. The maximum Gasteiger partial charge on any atom is 0.325 e. The van der Waals surface area contributed by atoms with Gasteiger partial charge in [0.1, 0.15) is 6.54 Å². The average Bonchev–Trinajstić information content (AvgIpc) is 2.34. The van der Waals surface area contributed by atoms with Crippen molar-refractivity contribution in [2.24, 2.45) is 5.73 Å². The lowest BCUT2D eigenvalue weighted by atomic mass is 10.1. The molecule has 0 saturated carbocycles. The lowest BCUT2D eigenvalue weighted by molar-refractivity contribution is -0.149. The molecular formula is C10H19ClN2O3. The molecule has 0 aromatic heterocycles.